The Hall–Kier alpha value is -14.8. The van der Waals surface area contributed by atoms with Crippen LogP contribution in [0.5, 0.6) is 46.0 Å². The highest BCUT2D eigenvalue weighted by Crippen LogP contribution is 2.38. The molecule has 0 spiro atoms. The van der Waals surface area contributed by atoms with E-state index < -0.39 is 40.2 Å². The van der Waals surface area contributed by atoms with Crippen molar-refractivity contribution in [1.29, 1.82) is 0 Å². The number of nitrogens with one attached hydrogen (secondary N) is 4. The molecule has 4 aromatic heterocycles. The van der Waals surface area contributed by atoms with Crippen molar-refractivity contribution in [3.05, 3.63) is 324 Å². The topological polar surface area (TPSA) is 355 Å². The van der Waals surface area contributed by atoms with Gasteiger partial charge in [-0.15, -0.1) is 0 Å². The number of ketones is 3. The molecule has 34 heteroatoms. The van der Waals surface area contributed by atoms with E-state index in [1.807, 2.05) is 13.8 Å². The van der Waals surface area contributed by atoms with Gasteiger partial charge in [-0.3, -0.25) is 61.9 Å². The van der Waals surface area contributed by atoms with Crippen LogP contribution in [0.4, 0.5) is 22.7 Å². The summed E-state index contributed by atoms with van der Waals surface area (Å²) in [7, 11) is 8.98. The van der Waals surface area contributed by atoms with E-state index in [4.69, 9.17) is 84.3 Å². The van der Waals surface area contributed by atoms with Crippen LogP contribution in [-0.2, 0) is 42.3 Å². The van der Waals surface area contributed by atoms with E-state index in [1.165, 1.54) is 81.6 Å². The third kappa shape index (κ3) is 23.7. The maximum atomic E-state index is 13.4. The van der Waals surface area contributed by atoms with E-state index in [9.17, 15) is 57.5 Å². The van der Waals surface area contributed by atoms with Gasteiger partial charge in [0.25, 0.3) is 17.4 Å². The van der Waals surface area contributed by atoms with Gasteiger partial charge in [-0.25, -0.2) is 4.79 Å². The fourth-order valence-corrected chi connectivity index (χ4v) is 15.8. The van der Waals surface area contributed by atoms with Crippen molar-refractivity contribution in [3.63, 3.8) is 0 Å². The number of fused-ring (bicyclic) bond motifs is 4. The van der Waals surface area contributed by atoms with E-state index in [0.717, 1.165) is 25.9 Å². The molecule has 134 heavy (non-hydrogen) atoms. The zero-order chi connectivity index (χ0) is 96.0. The van der Waals surface area contributed by atoms with Crippen LogP contribution in [0, 0.1) is 0 Å². The number of amides is 4. The lowest BCUT2D eigenvalue weighted by Crippen LogP contribution is -2.44. The summed E-state index contributed by atoms with van der Waals surface area (Å²) in [5.41, 5.74) is 2.41. The number of aromatic nitrogens is 5. The first-order valence-corrected chi connectivity index (χ1v) is 43.7. The summed E-state index contributed by atoms with van der Waals surface area (Å²) in [5.74, 6) is 1.01. The second kappa shape index (κ2) is 45.8. The van der Waals surface area contributed by atoms with E-state index in [-0.39, 0.29) is 77.8 Å². The first kappa shape index (κ1) is 98.2. The number of likely N-dealkylation sites (tertiary alicyclic amines) is 1. The zero-order valence-electron chi connectivity index (χ0n) is 74.4. The van der Waals surface area contributed by atoms with E-state index in [2.05, 4.69) is 26.2 Å². The molecule has 15 rings (SSSR count). The molecule has 30 nitrogen and oxygen atoms in total. The second-order valence-electron chi connectivity index (χ2n) is 30.2. The normalized spacial score (nSPS) is 11.6. The largest absolute Gasteiger partial charge is 0.497 e. The van der Waals surface area contributed by atoms with Gasteiger partial charge in [0.15, 0.2) is 22.8 Å². The number of piperidine rings is 1. The van der Waals surface area contributed by atoms with Crippen LogP contribution in [0.2, 0.25) is 20.1 Å². The lowest BCUT2D eigenvalue weighted by atomic mass is 10.1. The van der Waals surface area contributed by atoms with Gasteiger partial charge in [-0.05, 0) is 192 Å². The van der Waals surface area contributed by atoms with Crippen LogP contribution in [0.1, 0.15) is 91.8 Å². The number of benzene rings is 10. The fraction of sp³-hybridized carbons (Fsp3) is 0.220. The Labute approximate surface area is 787 Å². The highest BCUT2D eigenvalue weighted by molar-refractivity contribution is 6.34. The summed E-state index contributed by atoms with van der Waals surface area (Å²) in [6.07, 6.45) is 7.68. The van der Waals surface area contributed by atoms with Crippen molar-refractivity contribution in [2.45, 2.75) is 72.8 Å². The third-order valence-electron chi connectivity index (χ3n) is 21.6. The van der Waals surface area contributed by atoms with Crippen LogP contribution in [-0.4, -0.2) is 144 Å². The number of halogens is 4. The van der Waals surface area contributed by atoms with Gasteiger partial charge in [0.2, 0.25) is 22.7 Å². The van der Waals surface area contributed by atoms with Crippen molar-refractivity contribution in [2.75, 3.05) is 96.8 Å². The standard InChI is InChI=1S/C27H24ClN3O6.C27H23ClN2O5.C25H29ClN4O5.C21H18ClNO4/c1-35-17-10-8-16(9-11-17)29-27(34)19-14-31(22-7-5-4-6-18(22)26(19)33)15-25(32)30-21-12-20(28)23(36-2)13-24(21)37-3;1-3-35-25-13-8-17(14-22(25)28)24(31)16-30-15-21(26(32)20-6-4-5-7-23(20)30)27(33)29-18-9-11-19(34-2)12-10-18;1-34-21-15-22(35-2)19(14-18(21)26)27-23(31)16-30-20-9-5-4-8-17(20)24(32)29(25(30)33)13-12-28-10-6-3-7-11-28;1-3-27-20-9-8-14(10-17(20)22)19(25)12-23-11-16(13(2)24)21(26)15-6-4-5-7-18(15)23/h4-14H,15H2,1-3H3,(H,29,34)(H,30,32);4-15H,3,16H2,1-2H3,(H,29,33);4-5,8-9,14-15H,3,6-7,10-13,16H2,1-2H3,(H,27,31);4-11H,3,12H2,1-2H3. The number of para-hydroxylation sites is 4. The minimum absolute atomic E-state index is 0.0224. The highest BCUT2D eigenvalue weighted by Gasteiger charge is 2.25. The van der Waals surface area contributed by atoms with Crippen LogP contribution >= 0.6 is 46.4 Å². The third-order valence-corrected chi connectivity index (χ3v) is 22.8. The molecule has 0 saturated carbocycles. The molecule has 0 aliphatic carbocycles. The quantitative estimate of drug-likeness (QED) is 0.0304. The summed E-state index contributed by atoms with van der Waals surface area (Å²) >= 11 is 24.8. The lowest BCUT2D eigenvalue weighted by molar-refractivity contribution is -0.117. The predicted octanol–water partition coefficient (Wildman–Crippen LogP) is 16.9. The van der Waals surface area contributed by atoms with Gasteiger partial charge in [-0.1, -0.05) is 101 Å². The average Bonchev–Trinajstić information content (AvgIpc) is 0.807. The molecule has 10 aromatic carbocycles. The minimum atomic E-state index is -0.598. The van der Waals surface area contributed by atoms with Gasteiger partial charge in [-0.2, -0.15) is 0 Å². The van der Waals surface area contributed by atoms with Gasteiger partial charge in [0, 0.05) is 82.5 Å². The number of hydrogen-bond acceptors (Lipinski definition) is 21. The highest BCUT2D eigenvalue weighted by atomic mass is 35.5. The molecule has 5 heterocycles. The minimum Gasteiger partial charge on any atom is -0.497 e. The number of carbonyl (C=O) groups is 7. The molecule has 0 unspecified atom stereocenters. The summed E-state index contributed by atoms with van der Waals surface area (Å²) in [6.45, 7) is 8.20. The lowest BCUT2D eigenvalue weighted by Gasteiger charge is -2.26. The zero-order valence-corrected chi connectivity index (χ0v) is 77.4. The number of rotatable bonds is 30. The van der Waals surface area contributed by atoms with Gasteiger partial charge in [0.05, 0.1) is 133 Å². The molecule has 1 saturated heterocycles. The Morgan fingerprint density at radius 1 is 0.358 bits per heavy atom. The van der Waals surface area contributed by atoms with Crippen molar-refractivity contribution in [1.82, 2.24) is 27.7 Å². The molecule has 4 N–H and O–H groups in total. The first-order chi connectivity index (χ1) is 64.6. The monoisotopic (exact) mass is 1890 g/mol. The molecule has 4 amide bonds. The van der Waals surface area contributed by atoms with Crippen LogP contribution < -0.4 is 86.7 Å². The Kier molecular flexibility index (Phi) is 33.6. The maximum absolute atomic E-state index is 13.4. The first-order valence-electron chi connectivity index (χ1n) is 42.2. The molecule has 1 fully saturated rings. The second-order valence-corrected chi connectivity index (χ2v) is 31.8. The molecule has 692 valence electrons. The molecular formula is C100H94Cl4N10O20. The number of pyridine rings is 3. The van der Waals surface area contributed by atoms with Gasteiger partial charge >= 0.3 is 5.69 Å². The van der Waals surface area contributed by atoms with Crippen molar-refractivity contribution >= 4 is 154 Å². The molecule has 1 aliphatic heterocycles. The Morgan fingerprint density at radius 2 is 0.731 bits per heavy atom. The number of Topliss-reactive ketones (excluding diaryl/α,β-unsaturated/α-hetero) is 3. The maximum Gasteiger partial charge on any atom is 0.331 e. The number of ether oxygens (including phenoxy) is 8. The van der Waals surface area contributed by atoms with Crippen molar-refractivity contribution in [3.8, 4) is 46.0 Å². The Balaban J connectivity index is 0.000000162. The molecule has 1 aliphatic rings. The summed E-state index contributed by atoms with van der Waals surface area (Å²) in [5, 5.41) is 13.7. The van der Waals surface area contributed by atoms with E-state index >= 15 is 0 Å². The fourth-order valence-electron chi connectivity index (χ4n) is 14.9. The Bertz CT molecular complexity index is 7110. The van der Waals surface area contributed by atoms with Crippen molar-refractivity contribution < 1.29 is 71.5 Å². The Morgan fingerprint density at radius 3 is 1.13 bits per heavy atom. The van der Waals surface area contributed by atoms with Crippen LogP contribution in [0.3, 0.4) is 0 Å². The smallest absolute Gasteiger partial charge is 0.331 e. The molecule has 0 radical (unpaired) electrons. The summed E-state index contributed by atoms with van der Waals surface area (Å²) < 4.78 is 49.5. The van der Waals surface area contributed by atoms with Crippen LogP contribution in [0.15, 0.2) is 249 Å². The molecule has 14 aromatic rings. The van der Waals surface area contributed by atoms with Crippen LogP contribution in [0.25, 0.3) is 43.6 Å². The predicted molar refractivity (Wildman–Crippen MR) is 520 cm³/mol. The molecule has 0 atom stereocenters. The number of hydrogen-bond donors (Lipinski definition) is 4. The van der Waals surface area contributed by atoms with E-state index in [0.29, 0.717) is 163 Å². The summed E-state index contributed by atoms with van der Waals surface area (Å²) in [4.78, 5) is 157. The number of carbonyl (C=O) groups excluding carboxylic acids is 7. The number of nitrogens with zero attached hydrogens (tertiary/aromatic N) is 6. The van der Waals surface area contributed by atoms with Gasteiger partial charge in [0.1, 0.15) is 70.2 Å². The van der Waals surface area contributed by atoms with E-state index in [1.54, 1.807) is 222 Å². The van der Waals surface area contributed by atoms with Gasteiger partial charge < -0.3 is 77.8 Å². The van der Waals surface area contributed by atoms with Crippen molar-refractivity contribution in [2.24, 2.45) is 0 Å². The molecular weight excluding hydrogens is 1800 g/mol. The summed E-state index contributed by atoms with van der Waals surface area (Å²) in [6, 6.07) is 56.7. The number of methoxy groups -OCH3 is 6. The SMILES string of the molecule is CCOc1ccc(C(=O)Cn2cc(C(=O)Nc3ccc(OC)cc3)c(=O)c3ccccc32)cc1Cl.CCOc1ccc(C(=O)Cn2cc(C(C)=O)c(=O)c3ccccc32)cc1Cl.COc1cc(OC)c(NC(=O)Cn2c(=O)n(CCN3CCCCC3)c(=O)c3ccccc32)cc1Cl.COc1ccc(NC(=O)c2cn(CC(=O)Nc3cc(Cl)c(OC)cc3OC)c3ccccc3c2=O)cc1. The average molecular weight is 1900 g/mol. The molecule has 0 bridgehead atoms. The number of anilines is 4.